The van der Waals surface area contributed by atoms with E-state index in [1.807, 2.05) is 10.4 Å². The Labute approximate surface area is 111 Å². The third-order valence-electron chi connectivity index (χ3n) is 5.06. The number of allylic oxidation sites excluding steroid dienone is 4. The molecule has 0 aliphatic carbocycles. The molecule has 3 heteroatoms. The molecule has 0 saturated carbocycles. The van der Waals surface area contributed by atoms with E-state index in [4.69, 9.17) is 0 Å². The molecule has 0 aromatic carbocycles. The summed E-state index contributed by atoms with van der Waals surface area (Å²) in [4.78, 5) is 0. The molecule has 1 rings (SSSR count). The predicted octanol–water partition coefficient (Wildman–Crippen LogP) is 5.03. The van der Waals surface area contributed by atoms with E-state index < -0.39 is 22.3 Å². The van der Waals surface area contributed by atoms with Gasteiger partial charge < -0.3 is 0 Å². The molecular weight excluding hydrogens is 252 g/mol. The molecule has 1 heterocycles. The molecule has 0 nitrogen and oxygen atoms in total. The molecule has 0 spiro atoms. The van der Waals surface area contributed by atoms with E-state index in [0.29, 0.717) is 0 Å². The highest BCUT2D eigenvalue weighted by atomic mass is 29.6. The van der Waals surface area contributed by atoms with Crippen molar-refractivity contribution in [1.82, 2.24) is 0 Å². The van der Waals surface area contributed by atoms with Crippen LogP contribution in [0.4, 0.5) is 0 Å². The summed E-state index contributed by atoms with van der Waals surface area (Å²) in [6.45, 7) is 25.4. The molecule has 0 N–H and O–H groups in total. The van der Waals surface area contributed by atoms with Gasteiger partial charge in [0, 0.05) is 15.2 Å². The van der Waals surface area contributed by atoms with Crippen LogP contribution in [0.15, 0.2) is 21.5 Å². The van der Waals surface area contributed by atoms with Crippen LogP contribution >= 0.6 is 0 Å². The van der Waals surface area contributed by atoms with Gasteiger partial charge in [0.15, 0.2) is 0 Å². The van der Waals surface area contributed by atoms with E-state index in [1.54, 1.807) is 11.1 Å². The van der Waals surface area contributed by atoms with Crippen LogP contribution in [0.5, 0.6) is 0 Å². The third-order valence-corrected chi connectivity index (χ3v) is 44.1. The van der Waals surface area contributed by atoms with Gasteiger partial charge in [0.05, 0.1) is 7.11 Å². The van der Waals surface area contributed by atoms with Gasteiger partial charge in [-0.1, -0.05) is 60.8 Å². The first-order valence-corrected chi connectivity index (χ1v) is 17.8. The standard InChI is InChI=1S/C14H30Si3/c1-11-12(2)14(4)17(13(11)3,15(5,6)7)16(8,9)10/h1-10H3. The summed E-state index contributed by atoms with van der Waals surface area (Å²) in [6.07, 6.45) is 0. The zero-order valence-electron chi connectivity index (χ0n) is 13.5. The minimum Gasteiger partial charge on any atom is -0.0808 e. The van der Waals surface area contributed by atoms with Crippen LogP contribution in [0.1, 0.15) is 27.7 Å². The average Bonchev–Trinajstić information content (AvgIpc) is 2.26. The zero-order chi connectivity index (χ0) is 13.8. The van der Waals surface area contributed by atoms with Crippen LogP contribution in [0.25, 0.3) is 0 Å². The van der Waals surface area contributed by atoms with Gasteiger partial charge in [0.25, 0.3) is 0 Å². The van der Waals surface area contributed by atoms with Crippen molar-refractivity contribution in [2.45, 2.75) is 67.0 Å². The Kier molecular flexibility index (Phi) is 3.63. The molecule has 0 aromatic rings. The fraction of sp³-hybridized carbons (Fsp3) is 0.714. The van der Waals surface area contributed by atoms with Crippen molar-refractivity contribution in [2.24, 2.45) is 0 Å². The molecule has 0 aromatic heterocycles. The van der Waals surface area contributed by atoms with Gasteiger partial charge in [0.1, 0.15) is 0 Å². The topological polar surface area (TPSA) is 0 Å². The molecule has 0 atom stereocenters. The van der Waals surface area contributed by atoms with Crippen molar-refractivity contribution in [1.29, 1.82) is 0 Å². The fourth-order valence-corrected chi connectivity index (χ4v) is 56.3. The number of rotatable bonds is 2. The van der Waals surface area contributed by atoms with E-state index in [9.17, 15) is 0 Å². The zero-order valence-corrected chi connectivity index (χ0v) is 16.5. The second kappa shape index (κ2) is 4.07. The van der Waals surface area contributed by atoms with Gasteiger partial charge in [-0.2, -0.15) is 0 Å². The van der Waals surface area contributed by atoms with Gasteiger partial charge in [0.2, 0.25) is 0 Å². The van der Waals surface area contributed by atoms with Gasteiger partial charge in [-0.25, -0.2) is 0 Å². The number of hydrogen-bond acceptors (Lipinski definition) is 0. The predicted molar refractivity (Wildman–Crippen MR) is 89.2 cm³/mol. The highest BCUT2D eigenvalue weighted by molar-refractivity contribution is 7.73. The van der Waals surface area contributed by atoms with Crippen LogP contribution in [-0.2, 0) is 0 Å². The van der Waals surface area contributed by atoms with Gasteiger partial charge in [-0.15, -0.1) is 0 Å². The lowest BCUT2D eigenvalue weighted by Gasteiger charge is -2.50. The van der Waals surface area contributed by atoms with Crippen molar-refractivity contribution in [3.63, 3.8) is 0 Å². The quantitative estimate of drug-likeness (QED) is 0.623. The smallest absolute Gasteiger partial charge is 0.0808 e. The lowest BCUT2D eigenvalue weighted by Crippen LogP contribution is -2.72. The van der Waals surface area contributed by atoms with Crippen LogP contribution < -0.4 is 0 Å². The van der Waals surface area contributed by atoms with Crippen molar-refractivity contribution in [2.75, 3.05) is 0 Å². The highest BCUT2D eigenvalue weighted by Gasteiger charge is 2.59. The number of hydrogen-bond donors (Lipinski definition) is 0. The Morgan fingerprint density at radius 2 is 0.824 bits per heavy atom. The molecule has 0 radical (unpaired) electrons. The molecule has 0 amide bonds. The molecular formula is C14H30Si3. The summed E-state index contributed by atoms with van der Waals surface area (Å²) in [5.41, 5.74) is 3.28. The normalized spacial score (nSPS) is 21.5. The van der Waals surface area contributed by atoms with Crippen molar-refractivity contribution < 1.29 is 0 Å². The second-order valence-electron chi connectivity index (χ2n) is 7.75. The van der Waals surface area contributed by atoms with E-state index in [1.165, 1.54) is 0 Å². The molecule has 0 bridgehead atoms. The molecule has 0 unspecified atom stereocenters. The lowest BCUT2D eigenvalue weighted by molar-refractivity contribution is 1.31. The van der Waals surface area contributed by atoms with Crippen LogP contribution in [0, 0.1) is 0 Å². The van der Waals surface area contributed by atoms with Crippen molar-refractivity contribution in [3.05, 3.63) is 21.5 Å². The second-order valence-corrected chi connectivity index (χ2v) is 34.8. The summed E-state index contributed by atoms with van der Waals surface area (Å²) < 4.78 is 0. The maximum absolute atomic E-state index is 2.62. The summed E-state index contributed by atoms with van der Waals surface area (Å²) in [5, 5.41) is 3.68. The molecule has 1 aliphatic rings. The maximum Gasteiger partial charge on any atom is 0.0935 e. The largest absolute Gasteiger partial charge is 0.0935 e. The minimum absolute atomic E-state index is 1.13. The Balaban J connectivity index is 3.72. The van der Waals surface area contributed by atoms with Gasteiger partial charge in [-0.3, -0.25) is 0 Å². The van der Waals surface area contributed by atoms with E-state index in [-0.39, 0.29) is 0 Å². The summed E-state index contributed by atoms with van der Waals surface area (Å²) in [6, 6.07) is 0. The first kappa shape index (κ1) is 15.2. The highest BCUT2D eigenvalue weighted by Crippen LogP contribution is 2.48. The first-order valence-electron chi connectivity index (χ1n) is 6.75. The molecule has 0 saturated heterocycles. The Hall–Kier alpha value is 0.131. The average molecular weight is 283 g/mol. The first-order chi connectivity index (χ1) is 7.39. The third kappa shape index (κ3) is 1.81. The van der Waals surface area contributed by atoms with Gasteiger partial charge in [-0.05, 0) is 27.7 Å². The van der Waals surface area contributed by atoms with E-state index in [0.717, 1.165) is 0 Å². The Morgan fingerprint density at radius 1 is 0.588 bits per heavy atom. The van der Waals surface area contributed by atoms with E-state index in [2.05, 4.69) is 67.0 Å². The SMILES string of the molecule is CC1=C(C)[Si]([Si](C)(C)C)([Si](C)(C)C)C(C)=C1C. The summed E-state index contributed by atoms with van der Waals surface area (Å²) >= 11 is 0. The van der Waals surface area contributed by atoms with Gasteiger partial charge >= 0.3 is 0 Å². The summed E-state index contributed by atoms with van der Waals surface area (Å²) in [5.74, 6) is 0. The van der Waals surface area contributed by atoms with E-state index >= 15 is 0 Å². The van der Waals surface area contributed by atoms with Crippen molar-refractivity contribution in [3.8, 4) is 0 Å². The van der Waals surface area contributed by atoms with Crippen molar-refractivity contribution >= 4 is 22.3 Å². The van der Waals surface area contributed by atoms with Crippen LogP contribution in [0.3, 0.4) is 0 Å². The maximum atomic E-state index is 2.62. The molecule has 98 valence electrons. The minimum atomic E-state index is -1.33. The molecule has 0 fully saturated rings. The monoisotopic (exact) mass is 282 g/mol. The Bertz CT molecular complexity index is 360. The lowest BCUT2D eigenvalue weighted by atomic mass is 10.1. The van der Waals surface area contributed by atoms with Crippen LogP contribution in [-0.4, -0.2) is 22.3 Å². The fourth-order valence-electron chi connectivity index (χ4n) is 4.78. The summed E-state index contributed by atoms with van der Waals surface area (Å²) in [7, 11) is -3.60. The Morgan fingerprint density at radius 3 is 0.941 bits per heavy atom. The van der Waals surface area contributed by atoms with Crippen LogP contribution in [0.2, 0.25) is 39.3 Å². The molecule has 17 heavy (non-hydrogen) atoms. The molecule has 1 aliphatic heterocycles.